The summed E-state index contributed by atoms with van der Waals surface area (Å²) in [5, 5.41) is 3.96. The average molecular weight is 370 g/mol. The number of rotatable bonds is 5. The molecule has 0 aromatic heterocycles. The Morgan fingerprint density at radius 1 is 1.19 bits per heavy atom. The zero-order chi connectivity index (χ0) is 18.4. The number of hydrogen-bond donors (Lipinski definition) is 1. The van der Waals surface area contributed by atoms with Gasteiger partial charge >= 0.3 is 5.97 Å². The van der Waals surface area contributed by atoms with E-state index in [1.165, 1.54) is 17.8 Å². The Labute approximate surface area is 156 Å². The summed E-state index contributed by atoms with van der Waals surface area (Å²) >= 11 is 1.43. The van der Waals surface area contributed by atoms with E-state index in [0.717, 1.165) is 11.4 Å². The summed E-state index contributed by atoms with van der Waals surface area (Å²) in [7, 11) is 0. The third kappa shape index (κ3) is 4.73. The number of hydrogen-bond acceptors (Lipinski definition) is 5. The number of aliphatic imine (C=N–C) groups is 1. The van der Waals surface area contributed by atoms with E-state index < -0.39 is 0 Å². The number of carbonyl (C=O) groups is 1. The summed E-state index contributed by atoms with van der Waals surface area (Å²) in [6, 6.07) is 14.3. The van der Waals surface area contributed by atoms with E-state index in [1.807, 2.05) is 36.4 Å². The summed E-state index contributed by atoms with van der Waals surface area (Å²) in [6.45, 7) is 2.12. The van der Waals surface area contributed by atoms with Gasteiger partial charge in [-0.15, -0.1) is 11.8 Å². The van der Waals surface area contributed by atoms with Crippen LogP contribution in [0.1, 0.15) is 18.9 Å². The van der Waals surface area contributed by atoms with Crippen molar-refractivity contribution in [1.29, 1.82) is 0 Å². The highest BCUT2D eigenvalue weighted by atomic mass is 32.2. The number of halogens is 1. The summed E-state index contributed by atoms with van der Waals surface area (Å²) in [5.41, 5.74) is 2.92. The van der Waals surface area contributed by atoms with Crippen LogP contribution in [-0.4, -0.2) is 17.6 Å². The molecule has 3 rings (SSSR count). The SMILES string of the molecule is CCOC(=O)CC1=CC(SCc2ccccc2F)=Nc2ccccc2N1. The van der Waals surface area contributed by atoms with E-state index in [9.17, 15) is 9.18 Å². The molecular weight excluding hydrogens is 351 g/mol. The van der Waals surface area contributed by atoms with E-state index in [2.05, 4.69) is 10.3 Å². The molecule has 2 aromatic carbocycles. The number of esters is 1. The van der Waals surface area contributed by atoms with Gasteiger partial charge in [0.15, 0.2) is 0 Å². The molecule has 0 saturated heterocycles. The highest BCUT2D eigenvalue weighted by Gasteiger charge is 2.15. The lowest BCUT2D eigenvalue weighted by molar-refractivity contribution is -0.142. The molecule has 0 radical (unpaired) electrons. The van der Waals surface area contributed by atoms with Crippen LogP contribution in [-0.2, 0) is 15.3 Å². The van der Waals surface area contributed by atoms with Crippen LogP contribution in [0.15, 0.2) is 65.3 Å². The largest absolute Gasteiger partial charge is 0.466 e. The van der Waals surface area contributed by atoms with Crippen molar-refractivity contribution < 1.29 is 13.9 Å². The van der Waals surface area contributed by atoms with Gasteiger partial charge in [0.1, 0.15) is 5.82 Å². The minimum Gasteiger partial charge on any atom is -0.466 e. The van der Waals surface area contributed by atoms with Crippen molar-refractivity contribution in [2.75, 3.05) is 11.9 Å². The number of thioether (sulfide) groups is 1. The van der Waals surface area contributed by atoms with Crippen molar-refractivity contribution in [3.05, 3.63) is 71.7 Å². The maximum atomic E-state index is 13.9. The number of fused-ring (bicyclic) bond motifs is 1. The Morgan fingerprint density at radius 3 is 2.77 bits per heavy atom. The maximum absolute atomic E-state index is 13.9. The van der Waals surface area contributed by atoms with Gasteiger partial charge in [0, 0.05) is 11.4 Å². The molecule has 1 aliphatic heterocycles. The summed E-state index contributed by atoms with van der Waals surface area (Å²) in [4.78, 5) is 16.5. The van der Waals surface area contributed by atoms with Crippen molar-refractivity contribution >= 4 is 34.1 Å². The van der Waals surface area contributed by atoms with E-state index in [4.69, 9.17) is 4.74 Å². The summed E-state index contributed by atoms with van der Waals surface area (Å²) < 4.78 is 18.9. The van der Waals surface area contributed by atoms with Crippen LogP contribution in [0.3, 0.4) is 0 Å². The maximum Gasteiger partial charge on any atom is 0.311 e. The number of nitrogens with one attached hydrogen (secondary N) is 1. The normalized spacial score (nSPS) is 13.0. The molecule has 4 nitrogen and oxygen atoms in total. The predicted molar refractivity (Wildman–Crippen MR) is 104 cm³/mol. The smallest absolute Gasteiger partial charge is 0.311 e. The van der Waals surface area contributed by atoms with E-state index in [1.54, 1.807) is 19.1 Å². The van der Waals surface area contributed by atoms with Crippen molar-refractivity contribution in [2.24, 2.45) is 4.99 Å². The molecule has 26 heavy (non-hydrogen) atoms. The third-order valence-electron chi connectivity index (χ3n) is 3.70. The molecule has 6 heteroatoms. The van der Waals surface area contributed by atoms with Crippen molar-refractivity contribution in [3.8, 4) is 0 Å². The first-order chi connectivity index (χ1) is 12.7. The van der Waals surface area contributed by atoms with Crippen molar-refractivity contribution in [1.82, 2.24) is 0 Å². The topological polar surface area (TPSA) is 50.7 Å². The second-order valence-corrected chi connectivity index (χ2v) is 6.62. The molecule has 0 bridgehead atoms. The van der Waals surface area contributed by atoms with Gasteiger partial charge in [-0.05, 0) is 36.8 Å². The fourth-order valence-corrected chi connectivity index (χ4v) is 3.42. The molecule has 0 amide bonds. The minimum absolute atomic E-state index is 0.126. The highest BCUT2D eigenvalue weighted by Crippen LogP contribution is 2.31. The lowest BCUT2D eigenvalue weighted by atomic mass is 10.2. The van der Waals surface area contributed by atoms with E-state index in [-0.39, 0.29) is 18.2 Å². The molecule has 134 valence electrons. The van der Waals surface area contributed by atoms with E-state index >= 15 is 0 Å². The predicted octanol–water partition coefficient (Wildman–Crippen LogP) is 5.05. The van der Waals surface area contributed by atoms with Gasteiger partial charge in [-0.1, -0.05) is 30.3 Å². The van der Waals surface area contributed by atoms with Crippen LogP contribution in [0.5, 0.6) is 0 Å². The average Bonchev–Trinajstić information content (AvgIpc) is 2.79. The van der Waals surface area contributed by atoms with Gasteiger partial charge in [0.25, 0.3) is 0 Å². The van der Waals surface area contributed by atoms with Crippen LogP contribution >= 0.6 is 11.8 Å². The second-order valence-electron chi connectivity index (χ2n) is 5.62. The molecule has 0 saturated carbocycles. The number of nitrogens with zero attached hydrogens (tertiary/aromatic N) is 1. The zero-order valence-electron chi connectivity index (χ0n) is 14.4. The van der Waals surface area contributed by atoms with Crippen LogP contribution in [0.4, 0.5) is 15.8 Å². The fraction of sp³-hybridized carbons (Fsp3) is 0.200. The van der Waals surface area contributed by atoms with Crippen LogP contribution in [0.25, 0.3) is 0 Å². The van der Waals surface area contributed by atoms with Gasteiger partial charge in [-0.2, -0.15) is 0 Å². The monoisotopic (exact) mass is 370 g/mol. The summed E-state index contributed by atoms with van der Waals surface area (Å²) in [5.74, 6) is -0.0794. The molecule has 0 spiro atoms. The zero-order valence-corrected chi connectivity index (χ0v) is 15.2. The first kappa shape index (κ1) is 18.2. The lowest BCUT2D eigenvalue weighted by Crippen LogP contribution is -2.10. The Bertz CT molecular complexity index is 864. The Morgan fingerprint density at radius 2 is 1.96 bits per heavy atom. The van der Waals surface area contributed by atoms with E-state index in [0.29, 0.717) is 28.7 Å². The number of para-hydroxylation sites is 2. The number of benzene rings is 2. The fourth-order valence-electron chi connectivity index (χ4n) is 2.49. The molecule has 0 fully saturated rings. The number of ether oxygens (including phenoxy) is 1. The molecule has 0 atom stereocenters. The van der Waals surface area contributed by atoms with Crippen LogP contribution in [0.2, 0.25) is 0 Å². The number of anilines is 1. The van der Waals surface area contributed by atoms with Crippen molar-refractivity contribution in [3.63, 3.8) is 0 Å². The quantitative estimate of drug-likeness (QED) is 0.748. The first-order valence-corrected chi connectivity index (χ1v) is 9.31. The Balaban J connectivity index is 1.83. The Kier molecular flexibility index (Phi) is 6.07. The van der Waals surface area contributed by atoms with Crippen LogP contribution < -0.4 is 5.32 Å². The molecular formula is C20H19FN2O2S. The van der Waals surface area contributed by atoms with Gasteiger partial charge in [-0.25, -0.2) is 9.38 Å². The van der Waals surface area contributed by atoms with Gasteiger partial charge in [0.05, 0.1) is 29.4 Å². The number of carbonyl (C=O) groups excluding carboxylic acids is 1. The standard InChI is InChI=1S/C20H19FN2O2S/c1-2-25-20(24)12-15-11-19(23-18-10-6-5-9-17(18)22-15)26-13-14-7-3-4-8-16(14)21/h3-11,22H,2,12-13H2,1H3. The molecule has 0 unspecified atom stereocenters. The molecule has 1 aliphatic rings. The van der Waals surface area contributed by atoms with Gasteiger partial charge in [0.2, 0.25) is 0 Å². The van der Waals surface area contributed by atoms with Gasteiger partial charge < -0.3 is 10.1 Å². The van der Waals surface area contributed by atoms with Crippen LogP contribution in [0, 0.1) is 5.82 Å². The Hall–Kier alpha value is -2.60. The third-order valence-corrected chi connectivity index (χ3v) is 4.66. The molecule has 0 aliphatic carbocycles. The minimum atomic E-state index is -0.302. The highest BCUT2D eigenvalue weighted by molar-refractivity contribution is 8.13. The lowest BCUT2D eigenvalue weighted by Gasteiger charge is -2.10. The first-order valence-electron chi connectivity index (χ1n) is 8.33. The van der Waals surface area contributed by atoms with Gasteiger partial charge in [-0.3, -0.25) is 4.79 Å². The molecule has 1 heterocycles. The van der Waals surface area contributed by atoms with Crippen molar-refractivity contribution in [2.45, 2.75) is 19.1 Å². The second kappa shape index (κ2) is 8.67. The molecule has 2 aromatic rings. The molecule has 1 N–H and O–H groups in total. The summed E-state index contributed by atoms with van der Waals surface area (Å²) in [6.07, 6.45) is 1.95.